The standard InChI is InChI=1S/C16H21FN4/c1-20(2)16-12-5-3-6-13(17)15(12)14(11-19-16)21-9-4-7-18-8-10-21/h3,5-6,11,18H,4,7-10H2,1-2H3. The molecule has 4 nitrogen and oxygen atoms in total. The van der Waals surface area contributed by atoms with E-state index in [0.29, 0.717) is 5.39 Å². The summed E-state index contributed by atoms with van der Waals surface area (Å²) in [5.41, 5.74) is 0.900. The lowest BCUT2D eigenvalue weighted by atomic mass is 10.1. The van der Waals surface area contributed by atoms with E-state index in [1.807, 2.05) is 31.3 Å². The highest BCUT2D eigenvalue weighted by molar-refractivity contribution is 6.00. The Bertz CT molecular complexity index is 633. The maximum atomic E-state index is 14.5. The number of anilines is 2. The third-order valence-corrected chi connectivity index (χ3v) is 3.92. The molecule has 5 heteroatoms. The molecule has 21 heavy (non-hydrogen) atoms. The predicted octanol–water partition coefficient (Wildman–Crippen LogP) is 2.24. The molecule has 2 aromatic rings. The van der Waals surface area contributed by atoms with Crippen molar-refractivity contribution < 1.29 is 4.39 Å². The highest BCUT2D eigenvalue weighted by Gasteiger charge is 2.18. The Morgan fingerprint density at radius 2 is 2.10 bits per heavy atom. The molecule has 1 fully saturated rings. The monoisotopic (exact) mass is 288 g/mol. The van der Waals surface area contributed by atoms with Gasteiger partial charge in [-0.2, -0.15) is 0 Å². The number of rotatable bonds is 2. The summed E-state index contributed by atoms with van der Waals surface area (Å²) in [5, 5.41) is 4.92. The van der Waals surface area contributed by atoms with Gasteiger partial charge in [-0.15, -0.1) is 0 Å². The van der Waals surface area contributed by atoms with Crippen molar-refractivity contribution in [1.29, 1.82) is 0 Å². The van der Waals surface area contributed by atoms with Crippen LogP contribution in [-0.2, 0) is 0 Å². The van der Waals surface area contributed by atoms with E-state index in [1.165, 1.54) is 6.07 Å². The van der Waals surface area contributed by atoms with Crippen molar-refractivity contribution in [1.82, 2.24) is 10.3 Å². The first-order valence-corrected chi connectivity index (χ1v) is 7.38. The Hall–Kier alpha value is -1.88. The molecule has 2 heterocycles. The van der Waals surface area contributed by atoms with Gasteiger partial charge in [-0.05, 0) is 19.0 Å². The third-order valence-electron chi connectivity index (χ3n) is 3.92. The van der Waals surface area contributed by atoms with E-state index in [0.717, 1.165) is 49.5 Å². The number of aromatic nitrogens is 1. The molecular formula is C16H21FN4. The topological polar surface area (TPSA) is 31.4 Å². The van der Waals surface area contributed by atoms with Gasteiger partial charge in [-0.1, -0.05) is 12.1 Å². The Morgan fingerprint density at radius 3 is 2.90 bits per heavy atom. The van der Waals surface area contributed by atoms with Crippen molar-refractivity contribution in [2.75, 3.05) is 50.1 Å². The lowest BCUT2D eigenvalue weighted by Gasteiger charge is -2.25. The fourth-order valence-corrected chi connectivity index (χ4v) is 2.91. The number of pyridine rings is 1. The van der Waals surface area contributed by atoms with Gasteiger partial charge in [0, 0.05) is 44.5 Å². The van der Waals surface area contributed by atoms with Gasteiger partial charge in [0.15, 0.2) is 0 Å². The second kappa shape index (κ2) is 5.85. The lowest BCUT2D eigenvalue weighted by Crippen LogP contribution is -2.28. The summed E-state index contributed by atoms with van der Waals surface area (Å²) in [4.78, 5) is 8.71. The first-order valence-electron chi connectivity index (χ1n) is 7.38. The summed E-state index contributed by atoms with van der Waals surface area (Å²) in [7, 11) is 3.87. The molecule has 0 amide bonds. The van der Waals surface area contributed by atoms with E-state index in [1.54, 1.807) is 6.07 Å². The van der Waals surface area contributed by atoms with E-state index >= 15 is 0 Å². The van der Waals surface area contributed by atoms with Crippen LogP contribution in [0, 0.1) is 5.82 Å². The molecule has 0 atom stereocenters. The molecule has 0 spiro atoms. The first-order chi connectivity index (χ1) is 10.2. The van der Waals surface area contributed by atoms with Crippen LogP contribution in [0.5, 0.6) is 0 Å². The van der Waals surface area contributed by atoms with Crippen molar-refractivity contribution in [2.45, 2.75) is 6.42 Å². The fraction of sp³-hybridized carbons (Fsp3) is 0.438. The van der Waals surface area contributed by atoms with Crippen LogP contribution in [0.4, 0.5) is 15.9 Å². The number of hydrogen-bond donors (Lipinski definition) is 1. The first kappa shape index (κ1) is 14.1. The molecule has 0 aliphatic carbocycles. The van der Waals surface area contributed by atoms with Crippen molar-refractivity contribution in [3.05, 3.63) is 30.2 Å². The van der Waals surface area contributed by atoms with Crippen LogP contribution in [0.3, 0.4) is 0 Å². The lowest BCUT2D eigenvalue weighted by molar-refractivity contribution is 0.639. The number of fused-ring (bicyclic) bond motifs is 1. The van der Waals surface area contributed by atoms with Gasteiger partial charge < -0.3 is 15.1 Å². The average molecular weight is 288 g/mol. The molecule has 1 aliphatic rings. The van der Waals surface area contributed by atoms with E-state index in [4.69, 9.17) is 0 Å². The molecule has 1 aromatic heterocycles. The molecule has 0 radical (unpaired) electrons. The zero-order valence-corrected chi connectivity index (χ0v) is 12.6. The minimum absolute atomic E-state index is 0.176. The van der Waals surface area contributed by atoms with Crippen LogP contribution in [0.25, 0.3) is 10.8 Å². The Labute approximate surface area is 124 Å². The van der Waals surface area contributed by atoms with Gasteiger partial charge >= 0.3 is 0 Å². The van der Waals surface area contributed by atoms with Crippen LogP contribution < -0.4 is 15.1 Å². The van der Waals surface area contributed by atoms with Gasteiger partial charge in [0.2, 0.25) is 0 Å². The average Bonchev–Trinajstić information content (AvgIpc) is 2.75. The zero-order valence-electron chi connectivity index (χ0n) is 12.6. The summed E-state index contributed by atoms with van der Waals surface area (Å²) in [6.45, 7) is 3.75. The van der Waals surface area contributed by atoms with Crippen LogP contribution in [-0.4, -0.2) is 45.3 Å². The number of halogens is 1. The van der Waals surface area contributed by atoms with Gasteiger partial charge in [-0.25, -0.2) is 9.37 Å². The SMILES string of the molecule is CN(C)c1ncc(N2CCCNCC2)c2c(F)cccc12. The van der Waals surface area contributed by atoms with Crippen molar-refractivity contribution >= 4 is 22.3 Å². The van der Waals surface area contributed by atoms with E-state index in [-0.39, 0.29) is 5.82 Å². The predicted molar refractivity (Wildman–Crippen MR) is 85.7 cm³/mol. The van der Waals surface area contributed by atoms with Gasteiger partial charge in [-0.3, -0.25) is 0 Å². The molecule has 3 rings (SSSR count). The van der Waals surface area contributed by atoms with E-state index in [2.05, 4.69) is 15.2 Å². The number of nitrogens with one attached hydrogen (secondary N) is 1. The van der Waals surface area contributed by atoms with Crippen LogP contribution >= 0.6 is 0 Å². The zero-order chi connectivity index (χ0) is 14.8. The Kier molecular flexibility index (Phi) is 3.92. The Morgan fingerprint density at radius 1 is 1.24 bits per heavy atom. The van der Waals surface area contributed by atoms with Crippen LogP contribution in [0.2, 0.25) is 0 Å². The largest absolute Gasteiger partial charge is 0.368 e. The second-order valence-corrected chi connectivity index (χ2v) is 5.61. The van der Waals surface area contributed by atoms with E-state index < -0.39 is 0 Å². The van der Waals surface area contributed by atoms with Crippen LogP contribution in [0.1, 0.15) is 6.42 Å². The van der Waals surface area contributed by atoms with Gasteiger partial charge in [0.25, 0.3) is 0 Å². The molecular weight excluding hydrogens is 267 g/mol. The number of hydrogen-bond acceptors (Lipinski definition) is 4. The molecule has 1 N–H and O–H groups in total. The Balaban J connectivity index is 2.17. The molecule has 112 valence electrons. The van der Waals surface area contributed by atoms with Crippen molar-refractivity contribution in [3.63, 3.8) is 0 Å². The minimum atomic E-state index is -0.176. The third kappa shape index (κ3) is 2.65. The number of nitrogens with zero attached hydrogens (tertiary/aromatic N) is 3. The van der Waals surface area contributed by atoms with Crippen molar-refractivity contribution in [3.8, 4) is 0 Å². The van der Waals surface area contributed by atoms with E-state index in [9.17, 15) is 4.39 Å². The fourth-order valence-electron chi connectivity index (χ4n) is 2.91. The normalized spacial score (nSPS) is 16.0. The van der Waals surface area contributed by atoms with Crippen LogP contribution in [0.15, 0.2) is 24.4 Å². The summed E-state index contributed by atoms with van der Waals surface area (Å²) < 4.78 is 14.5. The highest BCUT2D eigenvalue weighted by atomic mass is 19.1. The molecule has 1 saturated heterocycles. The minimum Gasteiger partial charge on any atom is -0.368 e. The summed E-state index contributed by atoms with van der Waals surface area (Å²) in [6.07, 6.45) is 2.87. The molecule has 1 aromatic carbocycles. The summed E-state index contributed by atoms with van der Waals surface area (Å²) in [6, 6.07) is 5.22. The van der Waals surface area contributed by atoms with Gasteiger partial charge in [0.1, 0.15) is 11.6 Å². The molecule has 0 bridgehead atoms. The number of benzene rings is 1. The second-order valence-electron chi connectivity index (χ2n) is 5.61. The van der Waals surface area contributed by atoms with Crippen molar-refractivity contribution in [2.24, 2.45) is 0 Å². The maximum Gasteiger partial charge on any atom is 0.136 e. The quantitative estimate of drug-likeness (QED) is 0.918. The molecule has 0 saturated carbocycles. The molecule has 1 aliphatic heterocycles. The maximum absolute atomic E-state index is 14.5. The molecule has 0 unspecified atom stereocenters. The summed E-state index contributed by atoms with van der Waals surface area (Å²) in [5.74, 6) is 0.631. The summed E-state index contributed by atoms with van der Waals surface area (Å²) >= 11 is 0. The smallest absolute Gasteiger partial charge is 0.136 e. The highest BCUT2D eigenvalue weighted by Crippen LogP contribution is 2.33. The van der Waals surface area contributed by atoms with Gasteiger partial charge in [0.05, 0.1) is 11.9 Å².